The number of nitrogens with two attached hydrogens (primary N) is 2. The van der Waals surface area contributed by atoms with E-state index in [9.17, 15) is 9.90 Å². The fourth-order valence-electron chi connectivity index (χ4n) is 3.33. The first-order valence-electron chi connectivity index (χ1n) is 9.91. The second-order valence-corrected chi connectivity index (χ2v) is 8.24. The molecule has 0 radical (unpaired) electrons. The minimum atomic E-state index is -1.08. The van der Waals surface area contributed by atoms with Gasteiger partial charge in [0.25, 0.3) is 0 Å². The van der Waals surface area contributed by atoms with E-state index in [1.165, 1.54) is 7.11 Å². The molecule has 7 N–H and O–H groups in total. The number of nitrogens with one attached hydrogen (secondary N) is 2. The summed E-state index contributed by atoms with van der Waals surface area (Å²) in [4.78, 5) is 17.0. The van der Waals surface area contributed by atoms with Crippen molar-refractivity contribution in [1.29, 1.82) is 0 Å². The Morgan fingerprint density at radius 3 is 2.87 bits per heavy atom. The largest absolute Gasteiger partial charge is 0.368 e. The molecular formula is C20H33N7O3. The van der Waals surface area contributed by atoms with Crippen LogP contribution in [0.4, 0.5) is 0 Å². The van der Waals surface area contributed by atoms with Crippen molar-refractivity contribution in [3.05, 3.63) is 35.7 Å². The lowest BCUT2D eigenvalue weighted by Crippen LogP contribution is -2.54. The topological polar surface area (TPSA) is 160 Å². The van der Waals surface area contributed by atoms with Crippen molar-refractivity contribution in [3.8, 4) is 0 Å². The fraction of sp³-hybridized carbons (Fsp3) is 0.600. The normalized spacial score (nSPS) is 23.5. The average molecular weight is 420 g/mol. The summed E-state index contributed by atoms with van der Waals surface area (Å²) in [6.07, 6.45) is 8.75. The number of aliphatic imine (C=N–C) groups is 1. The van der Waals surface area contributed by atoms with Gasteiger partial charge in [-0.15, -0.1) is 5.11 Å². The molecule has 2 unspecified atom stereocenters. The molecule has 1 amide bonds. The molecule has 2 rings (SSSR count). The second kappa shape index (κ2) is 9.96. The molecule has 10 nitrogen and oxygen atoms in total. The van der Waals surface area contributed by atoms with E-state index in [1.54, 1.807) is 13.8 Å². The van der Waals surface area contributed by atoms with Gasteiger partial charge in [-0.2, -0.15) is 0 Å². The Balaban J connectivity index is 2.29. The van der Waals surface area contributed by atoms with Gasteiger partial charge in [0.05, 0.1) is 11.6 Å². The third kappa shape index (κ3) is 5.74. The van der Waals surface area contributed by atoms with E-state index in [-0.39, 0.29) is 30.1 Å². The van der Waals surface area contributed by atoms with Crippen molar-refractivity contribution in [2.45, 2.75) is 57.9 Å². The van der Waals surface area contributed by atoms with Crippen LogP contribution in [0.15, 0.2) is 51.0 Å². The SMILES string of the molecule is COC(O)CCN=C(N=NN)[C@@H](CC1=CNC2=CC=CCC12C)NC(=O)C(C)(C)N. The Labute approximate surface area is 177 Å². The quantitative estimate of drug-likeness (QED) is 0.0936. The molecule has 10 heteroatoms. The Kier molecular flexibility index (Phi) is 7.88. The monoisotopic (exact) mass is 419 g/mol. The van der Waals surface area contributed by atoms with Crippen LogP contribution in [0.5, 0.6) is 0 Å². The van der Waals surface area contributed by atoms with Crippen LogP contribution in [-0.4, -0.2) is 48.4 Å². The van der Waals surface area contributed by atoms with Crippen LogP contribution in [0.3, 0.4) is 0 Å². The summed E-state index contributed by atoms with van der Waals surface area (Å²) in [7, 11) is 1.41. The second-order valence-electron chi connectivity index (χ2n) is 8.24. The highest BCUT2D eigenvalue weighted by Crippen LogP contribution is 2.45. The predicted molar refractivity (Wildman–Crippen MR) is 115 cm³/mol. The number of hydrogen-bond donors (Lipinski definition) is 5. The molecule has 30 heavy (non-hydrogen) atoms. The van der Waals surface area contributed by atoms with E-state index in [0.717, 1.165) is 17.7 Å². The van der Waals surface area contributed by atoms with Crippen molar-refractivity contribution in [2.24, 2.45) is 32.3 Å². The summed E-state index contributed by atoms with van der Waals surface area (Å²) in [6.45, 7) is 5.63. The number of methoxy groups -OCH3 is 1. The maximum absolute atomic E-state index is 12.6. The number of nitrogens with zero attached hydrogens (tertiary/aromatic N) is 3. The van der Waals surface area contributed by atoms with Crippen LogP contribution in [0, 0.1) is 5.41 Å². The number of carbonyl (C=O) groups excluding carboxylic acids is 1. The number of aliphatic hydroxyl groups excluding tert-OH is 1. The summed E-state index contributed by atoms with van der Waals surface area (Å²) in [6, 6.07) is -0.595. The van der Waals surface area contributed by atoms with Crippen LogP contribution in [0.25, 0.3) is 0 Å². The Hall–Kier alpha value is -2.56. The maximum atomic E-state index is 12.6. The van der Waals surface area contributed by atoms with E-state index in [2.05, 4.69) is 39.0 Å². The van der Waals surface area contributed by atoms with E-state index >= 15 is 0 Å². The maximum Gasteiger partial charge on any atom is 0.240 e. The van der Waals surface area contributed by atoms with Crippen molar-refractivity contribution in [1.82, 2.24) is 10.6 Å². The zero-order valence-electron chi connectivity index (χ0n) is 18.1. The van der Waals surface area contributed by atoms with Gasteiger partial charge >= 0.3 is 0 Å². The standard InChI is InChI=1S/C20H33N7O3/c1-19(2,21)18(29)25-14(17(26-27-22)23-10-8-16(28)30-4)11-13-12-24-15-7-5-6-9-20(13,15)3/h5-7,12,14,16,24,28H,8-11,21H2,1-4H3,(H,25,29)(H2,22,23,26)/t14-,16?,20?/m1/s1. The van der Waals surface area contributed by atoms with Gasteiger partial charge < -0.3 is 32.1 Å². The van der Waals surface area contributed by atoms with E-state index in [4.69, 9.17) is 16.3 Å². The molecule has 0 saturated carbocycles. The van der Waals surface area contributed by atoms with E-state index in [0.29, 0.717) is 6.42 Å². The highest BCUT2D eigenvalue weighted by Gasteiger charge is 2.39. The number of ether oxygens (including phenoxy) is 1. The lowest BCUT2D eigenvalue weighted by molar-refractivity contribution is -0.125. The van der Waals surface area contributed by atoms with Gasteiger partial charge in [0.15, 0.2) is 12.1 Å². The molecule has 0 aromatic carbocycles. The molecule has 0 saturated heterocycles. The molecule has 2 aliphatic rings. The van der Waals surface area contributed by atoms with Crippen LogP contribution >= 0.6 is 0 Å². The van der Waals surface area contributed by atoms with Crippen LogP contribution in [-0.2, 0) is 9.53 Å². The van der Waals surface area contributed by atoms with E-state index in [1.807, 2.05) is 18.4 Å². The number of rotatable bonds is 9. The van der Waals surface area contributed by atoms with Gasteiger partial charge in [0.2, 0.25) is 5.91 Å². The van der Waals surface area contributed by atoms with Gasteiger partial charge in [-0.1, -0.05) is 17.4 Å². The lowest BCUT2D eigenvalue weighted by atomic mass is 9.74. The molecule has 1 aliphatic carbocycles. The van der Waals surface area contributed by atoms with Crippen LogP contribution in [0.1, 0.15) is 40.0 Å². The van der Waals surface area contributed by atoms with Gasteiger partial charge in [-0.3, -0.25) is 9.79 Å². The molecule has 1 heterocycles. The average Bonchev–Trinajstić information content (AvgIpc) is 3.02. The molecule has 0 fully saturated rings. The Morgan fingerprint density at radius 1 is 1.50 bits per heavy atom. The lowest BCUT2D eigenvalue weighted by Gasteiger charge is -2.32. The summed E-state index contributed by atoms with van der Waals surface area (Å²) >= 11 is 0. The zero-order valence-corrected chi connectivity index (χ0v) is 18.1. The third-order valence-electron chi connectivity index (χ3n) is 5.34. The minimum absolute atomic E-state index is 0.201. The van der Waals surface area contributed by atoms with Crippen molar-refractivity contribution in [3.63, 3.8) is 0 Å². The predicted octanol–water partition coefficient (Wildman–Crippen LogP) is 1.02. The fourth-order valence-corrected chi connectivity index (χ4v) is 3.33. The van der Waals surface area contributed by atoms with Crippen molar-refractivity contribution < 1.29 is 14.6 Å². The Bertz CT molecular complexity index is 780. The van der Waals surface area contributed by atoms with Gasteiger partial charge in [-0.05, 0) is 45.3 Å². The molecule has 0 aromatic rings. The molecule has 0 bridgehead atoms. The summed E-state index contributed by atoms with van der Waals surface area (Å²) in [5.74, 6) is 5.21. The molecular weight excluding hydrogens is 386 g/mol. The third-order valence-corrected chi connectivity index (χ3v) is 5.34. The number of amides is 1. The number of allylic oxidation sites excluding steroid dienone is 4. The summed E-state index contributed by atoms with van der Waals surface area (Å²) in [5, 5.41) is 23.2. The first-order valence-corrected chi connectivity index (χ1v) is 9.91. The van der Waals surface area contributed by atoms with E-state index < -0.39 is 17.9 Å². The number of amidine groups is 1. The first kappa shape index (κ1) is 23.7. The Morgan fingerprint density at radius 2 is 2.23 bits per heavy atom. The molecule has 166 valence electrons. The van der Waals surface area contributed by atoms with Crippen molar-refractivity contribution >= 4 is 11.7 Å². The first-order chi connectivity index (χ1) is 14.1. The summed E-state index contributed by atoms with van der Waals surface area (Å²) in [5.41, 5.74) is 6.89. The van der Waals surface area contributed by atoms with Crippen LogP contribution in [0.2, 0.25) is 0 Å². The number of carbonyl (C=O) groups is 1. The zero-order chi connectivity index (χ0) is 22.4. The number of fused-ring (bicyclic) bond motifs is 1. The van der Waals surface area contributed by atoms with Crippen LogP contribution < -0.4 is 22.2 Å². The molecule has 3 atom stereocenters. The highest BCUT2D eigenvalue weighted by atomic mass is 16.6. The van der Waals surface area contributed by atoms with Gasteiger partial charge in [0, 0.05) is 37.4 Å². The highest BCUT2D eigenvalue weighted by molar-refractivity contribution is 5.94. The summed E-state index contributed by atoms with van der Waals surface area (Å²) < 4.78 is 4.83. The smallest absolute Gasteiger partial charge is 0.240 e. The van der Waals surface area contributed by atoms with Crippen molar-refractivity contribution in [2.75, 3.05) is 13.7 Å². The molecule has 1 aliphatic heterocycles. The van der Waals surface area contributed by atoms with Gasteiger partial charge in [0.1, 0.15) is 0 Å². The minimum Gasteiger partial charge on any atom is -0.368 e. The van der Waals surface area contributed by atoms with Gasteiger partial charge in [-0.25, -0.2) is 0 Å². The number of aliphatic hydroxyl groups is 1. The molecule has 0 aromatic heterocycles. The molecule has 0 spiro atoms. The number of hydrogen-bond acceptors (Lipinski definition) is 7.